The number of nitrogens with zero attached hydrogens (tertiary/aromatic N) is 2. The van der Waals surface area contributed by atoms with Crippen molar-refractivity contribution in [3.63, 3.8) is 0 Å². The first-order valence-corrected chi connectivity index (χ1v) is 7.09. The second-order valence-corrected chi connectivity index (χ2v) is 5.03. The minimum Gasteiger partial charge on any atom is -0.455 e. The summed E-state index contributed by atoms with van der Waals surface area (Å²) in [5, 5.41) is 10.5. The minimum absolute atomic E-state index is 0.0988. The average Bonchev–Trinajstić information content (AvgIpc) is 2.83. The van der Waals surface area contributed by atoms with E-state index in [4.69, 9.17) is 20.6 Å². The van der Waals surface area contributed by atoms with Crippen molar-refractivity contribution in [2.24, 2.45) is 21.7 Å². The summed E-state index contributed by atoms with van der Waals surface area (Å²) in [5.74, 6) is 0.703. The van der Waals surface area contributed by atoms with Crippen molar-refractivity contribution in [1.29, 1.82) is 0 Å². The Bertz CT molecular complexity index is 614. The molecule has 0 unspecified atom stereocenters. The van der Waals surface area contributed by atoms with E-state index in [1.54, 1.807) is 7.11 Å². The van der Waals surface area contributed by atoms with E-state index in [-0.39, 0.29) is 11.9 Å². The summed E-state index contributed by atoms with van der Waals surface area (Å²) in [5.41, 5.74) is 13.0. The second kappa shape index (κ2) is 7.08. The molecule has 0 atom stereocenters. The minimum atomic E-state index is -0.259. The zero-order chi connectivity index (χ0) is 16.1. The summed E-state index contributed by atoms with van der Waals surface area (Å²) in [4.78, 5) is 12.2. The molecule has 1 aliphatic rings. The van der Waals surface area contributed by atoms with Gasteiger partial charge in [0.05, 0.1) is 12.3 Å². The molecule has 2 rings (SSSR count). The Morgan fingerprint density at radius 1 is 1.41 bits per heavy atom. The van der Waals surface area contributed by atoms with E-state index in [1.807, 2.05) is 6.92 Å². The van der Waals surface area contributed by atoms with Crippen LogP contribution in [0.2, 0.25) is 0 Å². The highest BCUT2D eigenvalue weighted by Crippen LogP contribution is 2.30. The molecule has 0 saturated heterocycles. The third kappa shape index (κ3) is 3.45. The number of fused-ring (bicyclic) bond motifs is 1. The molecule has 1 heterocycles. The highest BCUT2D eigenvalue weighted by molar-refractivity contribution is 6.06. The van der Waals surface area contributed by atoms with Gasteiger partial charge in [-0.05, 0) is 19.8 Å². The molecule has 0 aliphatic heterocycles. The normalized spacial score (nSPS) is 15.5. The molecule has 0 spiro atoms. The second-order valence-electron chi connectivity index (χ2n) is 5.03. The molecule has 22 heavy (non-hydrogen) atoms. The lowest BCUT2D eigenvalue weighted by molar-refractivity contribution is 0.0907. The monoisotopic (exact) mass is 307 g/mol. The third-order valence-electron chi connectivity index (χ3n) is 3.41. The van der Waals surface area contributed by atoms with Gasteiger partial charge in [0.1, 0.15) is 5.76 Å². The molecule has 1 aromatic rings. The van der Waals surface area contributed by atoms with Gasteiger partial charge in [0.2, 0.25) is 5.96 Å². The van der Waals surface area contributed by atoms with Gasteiger partial charge < -0.3 is 25.9 Å². The van der Waals surface area contributed by atoms with Gasteiger partial charge in [-0.15, -0.1) is 5.10 Å². The van der Waals surface area contributed by atoms with Crippen molar-refractivity contribution in [1.82, 2.24) is 5.32 Å². The Hall–Kier alpha value is -2.35. The first kappa shape index (κ1) is 16.0. The lowest BCUT2D eigenvalue weighted by Gasteiger charge is -2.11. The zero-order valence-electron chi connectivity index (χ0n) is 12.8. The predicted molar refractivity (Wildman–Crippen MR) is 82.9 cm³/mol. The Morgan fingerprint density at radius 2 is 2.18 bits per heavy atom. The highest BCUT2D eigenvalue weighted by atomic mass is 16.5. The van der Waals surface area contributed by atoms with E-state index in [1.165, 1.54) is 0 Å². The van der Waals surface area contributed by atoms with Crippen LogP contribution in [0.4, 0.5) is 0 Å². The van der Waals surface area contributed by atoms with Crippen LogP contribution in [0.25, 0.3) is 0 Å². The maximum Gasteiger partial charge on any atom is 0.287 e. The Balaban J connectivity index is 2.29. The quantitative estimate of drug-likeness (QED) is 0.311. The van der Waals surface area contributed by atoms with Gasteiger partial charge in [0.15, 0.2) is 5.76 Å². The third-order valence-corrected chi connectivity index (χ3v) is 3.41. The summed E-state index contributed by atoms with van der Waals surface area (Å²) in [6, 6.07) is 0. The fourth-order valence-electron chi connectivity index (χ4n) is 2.45. The first-order valence-electron chi connectivity index (χ1n) is 7.09. The molecule has 8 nitrogen and oxygen atoms in total. The number of carbonyl (C=O) groups excluding carboxylic acids is 1. The lowest BCUT2D eigenvalue weighted by atomic mass is 9.93. The summed E-state index contributed by atoms with van der Waals surface area (Å²) in [6.07, 6.45) is 2.39. The molecule has 0 fully saturated rings. The van der Waals surface area contributed by atoms with Gasteiger partial charge in [-0.1, -0.05) is 0 Å². The highest BCUT2D eigenvalue weighted by Gasteiger charge is 2.27. The van der Waals surface area contributed by atoms with Crippen LogP contribution in [0, 0.1) is 6.92 Å². The number of rotatable bonds is 5. The number of amides is 1. The fourth-order valence-corrected chi connectivity index (χ4v) is 2.45. The number of carbonyl (C=O) groups is 1. The largest absolute Gasteiger partial charge is 0.455 e. The molecule has 8 heteroatoms. The number of guanidine groups is 1. The molecule has 1 aliphatic carbocycles. The molecule has 5 N–H and O–H groups in total. The van der Waals surface area contributed by atoms with Crippen LogP contribution < -0.4 is 16.8 Å². The number of nitrogens with one attached hydrogen (secondary N) is 1. The number of methoxy groups -OCH3 is 1. The van der Waals surface area contributed by atoms with Crippen molar-refractivity contribution in [2.75, 3.05) is 20.3 Å². The number of aryl methyl sites for hydroxylation is 1. The Labute approximate surface area is 128 Å². The van der Waals surface area contributed by atoms with Crippen molar-refractivity contribution < 1.29 is 13.9 Å². The number of nitrogens with two attached hydrogens (primary N) is 2. The van der Waals surface area contributed by atoms with Gasteiger partial charge in [-0.2, -0.15) is 5.10 Å². The molecule has 0 saturated carbocycles. The smallest absolute Gasteiger partial charge is 0.287 e. The molecule has 1 aromatic heterocycles. The van der Waals surface area contributed by atoms with Crippen LogP contribution in [0.3, 0.4) is 0 Å². The van der Waals surface area contributed by atoms with E-state index in [0.29, 0.717) is 18.9 Å². The van der Waals surface area contributed by atoms with Gasteiger partial charge in [-0.25, -0.2) is 0 Å². The molecule has 0 aromatic carbocycles. The van der Waals surface area contributed by atoms with Crippen LogP contribution in [-0.2, 0) is 11.2 Å². The van der Waals surface area contributed by atoms with E-state index in [0.717, 1.165) is 41.9 Å². The van der Waals surface area contributed by atoms with Gasteiger partial charge in [0, 0.05) is 31.2 Å². The van der Waals surface area contributed by atoms with Gasteiger partial charge in [0.25, 0.3) is 5.91 Å². The zero-order valence-corrected chi connectivity index (χ0v) is 12.8. The van der Waals surface area contributed by atoms with E-state index in [2.05, 4.69) is 15.5 Å². The van der Waals surface area contributed by atoms with Crippen LogP contribution in [0.1, 0.15) is 40.3 Å². The summed E-state index contributed by atoms with van der Waals surface area (Å²) in [7, 11) is 1.58. The fraction of sp³-hybridized carbons (Fsp3) is 0.500. The van der Waals surface area contributed by atoms with Crippen molar-refractivity contribution in [3.8, 4) is 0 Å². The van der Waals surface area contributed by atoms with Crippen LogP contribution in [-0.4, -0.2) is 37.8 Å². The SMILES string of the molecule is COCCNC(=O)c1oc2c(c1C)/C(=N/N=C(N)N)CCC2. The van der Waals surface area contributed by atoms with Gasteiger partial charge in [-0.3, -0.25) is 4.79 Å². The first-order chi connectivity index (χ1) is 10.5. The summed E-state index contributed by atoms with van der Waals surface area (Å²) >= 11 is 0. The standard InChI is InChI=1S/C14H21N5O3/c1-8-11-9(18-19-14(15)16)4-3-5-10(11)22-12(8)13(20)17-6-7-21-2/h3-7H2,1-2H3,(H,17,20)(H4,15,16,19)/b18-9+. The number of hydrogen-bond acceptors (Lipinski definition) is 5. The van der Waals surface area contributed by atoms with E-state index < -0.39 is 0 Å². The van der Waals surface area contributed by atoms with Crippen molar-refractivity contribution in [3.05, 3.63) is 22.6 Å². The number of ether oxygens (including phenoxy) is 1. The summed E-state index contributed by atoms with van der Waals surface area (Å²) in [6.45, 7) is 2.71. The predicted octanol–water partition coefficient (Wildman–Crippen LogP) is 0.278. The van der Waals surface area contributed by atoms with Crippen LogP contribution in [0.5, 0.6) is 0 Å². The van der Waals surface area contributed by atoms with Crippen molar-refractivity contribution in [2.45, 2.75) is 26.2 Å². The van der Waals surface area contributed by atoms with Crippen LogP contribution >= 0.6 is 0 Å². The Morgan fingerprint density at radius 3 is 2.86 bits per heavy atom. The Kier molecular flexibility index (Phi) is 5.16. The van der Waals surface area contributed by atoms with Gasteiger partial charge >= 0.3 is 0 Å². The maximum atomic E-state index is 12.2. The molecule has 0 bridgehead atoms. The number of furan rings is 1. The summed E-state index contributed by atoms with van der Waals surface area (Å²) < 4.78 is 10.6. The topological polar surface area (TPSA) is 128 Å². The van der Waals surface area contributed by atoms with E-state index >= 15 is 0 Å². The average molecular weight is 307 g/mol. The molecular weight excluding hydrogens is 286 g/mol. The lowest BCUT2D eigenvalue weighted by Crippen LogP contribution is -2.27. The van der Waals surface area contributed by atoms with Crippen LogP contribution in [0.15, 0.2) is 14.6 Å². The molecule has 0 radical (unpaired) electrons. The maximum absolute atomic E-state index is 12.2. The molecular formula is C14H21N5O3. The van der Waals surface area contributed by atoms with Crippen molar-refractivity contribution >= 4 is 17.6 Å². The number of hydrogen-bond donors (Lipinski definition) is 3. The molecule has 1 amide bonds. The van der Waals surface area contributed by atoms with E-state index in [9.17, 15) is 4.79 Å². The molecule has 120 valence electrons.